The highest BCUT2D eigenvalue weighted by Gasteiger charge is 2.59. The van der Waals surface area contributed by atoms with Gasteiger partial charge in [0.25, 0.3) is 5.91 Å². The fourth-order valence-corrected chi connectivity index (χ4v) is 2.79. The van der Waals surface area contributed by atoms with Crippen molar-refractivity contribution >= 4 is 40.8 Å². The third-order valence-corrected chi connectivity index (χ3v) is 3.81. The summed E-state index contributed by atoms with van der Waals surface area (Å²) < 4.78 is 4.54. The number of hydrogen-bond donors (Lipinski definition) is 0. The topological polar surface area (TPSA) is 109 Å². The number of benzene rings is 1. The van der Waals surface area contributed by atoms with Crippen LogP contribution in [0.3, 0.4) is 0 Å². The molecule has 0 aromatic heterocycles. The van der Waals surface area contributed by atoms with E-state index in [1.54, 1.807) is 12.1 Å². The number of fused-ring (bicyclic) bond motifs is 1. The maximum absolute atomic E-state index is 12.6. The summed E-state index contributed by atoms with van der Waals surface area (Å²) in [7, 11) is 1.10. The predicted molar refractivity (Wildman–Crippen MR) is 78.3 cm³/mol. The number of amides is 2. The van der Waals surface area contributed by atoms with Crippen LogP contribution in [0.1, 0.15) is 0 Å². The largest absolute Gasteiger partial charge is 0.464 e. The Kier molecular flexibility index (Phi) is 3.57. The third kappa shape index (κ3) is 2.16. The second-order valence-corrected chi connectivity index (χ2v) is 5.23. The van der Waals surface area contributed by atoms with Crippen LogP contribution < -0.4 is 4.90 Å². The highest BCUT2D eigenvalue weighted by Crippen LogP contribution is 2.36. The minimum absolute atomic E-state index is 0.233. The first-order valence-corrected chi connectivity index (χ1v) is 6.80. The molecule has 1 saturated heterocycles. The van der Waals surface area contributed by atoms with E-state index in [4.69, 9.17) is 11.6 Å². The summed E-state index contributed by atoms with van der Waals surface area (Å²) in [5, 5.41) is 7.04. The van der Waals surface area contributed by atoms with E-state index in [1.807, 2.05) is 0 Å². The van der Waals surface area contributed by atoms with Gasteiger partial charge in [0, 0.05) is 5.02 Å². The van der Waals surface area contributed by atoms with E-state index in [1.165, 1.54) is 12.1 Å². The molecule has 0 aliphatic carbocycles. The number of carbonyl (C=O) groups excluding carboxylic acids is 3. The molecule has 2 aliphatic heterocycles. The molecule has 1 fully saturated rings. The Hall–Kier alpha value is -2.81. The van der Waals surface area contributed by atoms with Crippen LogP contribution in [0, 0.1) is 10.8 Å². The van der Waals surface area contributed by atoms with Crippen LogP contribution in [0.2, 0.25) is 5.02 Å². The Morgan fingerprint density at radius 1 is 1.35 bits per heavy atom. The number of imide groups is 1. The number of hydrogen-bond acceptors (Lipinski definition) is 7. The lowest BCUT2D eigenvalue weighted by Crippen LogP contribution is -2.36. The first-order chi connectivity index (χ1) is 11.0. The van der Waals surface area contributed by atoms with Crippen LogP contribution >= 0.6 is 11.6 Å². The molecule has 9 nitrogen and oxygen atoms in total. The van der Waals surface area contributed by atoms with E-state index in [2.05, 4.69) is 15.1 Å². The van der Waals surface area contributed by atoms with E-state index in [9.17, 15) is 19.3 Å². The number of carbonyl (C=O) groups is 3. The number of methoxy groups -OCH3 is 1. The molecule has 2 aliphatic rings. The van der Waals surface area contributed by atoms with Crippen molar-refractivity contribution in [1.29, 1.82) is 0 Å². The van der Waals surface area contributed by atoms with Crippen LogP contribution in [-0.2, 0) is 19.1 Å². The molecule has 2 heterocycles. The summed E-state index contributed by atoms with van der Waals surface area (Å²) in [6.45, 7) is 0. The SMILES string of the molecule is COC(=O)C1=NN(N=O)[C@H]2C(=O)N(c3cccc(Cl)c3)C(=O)[C@H]12. The van der Waals surface area contributed by atoms with E-state index in [0.717, 1.165) is 12.0 Å². The van der Waals surface area contributed by atoms with Gasteiger partial charge >= 0.3 is 5.97 Å². The molecule has 0 unspecified atom stereocenters. The molecule has 0 bridgehead atoms. The van der Waals surface area contributed by atoms with Crippen molar-refractivity contribution in [3.63, 3.8) is 0 Å². The van der Waals surface area contributed by atoms with Gasteiger partial charge in [-0.2, -0.15) is 0 Å². The normalized spacial score (nSPS) is 23.0. The molecule has 0 radical (unpaired) electrons. The quantitative estimate of drug-likeness (QED) is 0.457. The first kappa shape index (κ1) is 15.1. The van der Waals surface area contributed by atoms with Crippen LogP contribution in [0.15, 0.2) is 34.7 Å². The smallest absolute Gasteiger partial charge is 0.355 e. The third-order valence-electron chi connectivity index (χ3n) is 3.57. The molecule has 10 heteroatoms. The van der Waals surface area contributed by atoms with Crippen LogP contribution in [-0.4, -0.2) is 41.8 Å². The zero-order chi connectivity index (χ0) is 16.7. The van der Waals surface area contributed by atoms with Gasteiger partial charge in [-0.3, -0.25) is 9.59 Å². The van der Waals surface area contributed by atoms with Crippen molar-refractivity contribution in [2.24, 2.45) is 16.3 Å². The summed E-state index contributed by atoms with van der Waals surface area (Å²) in [4.78, 5) is 48.6. The van der Waals surface area contributed by atoms with Crippen molar-refractivity contribution in [1.82, 2.24) is 5.12 Å². The zero-order valence-corrected chi connectivity index (χ0v) is 12.4. The number of ether oxygens (including phenoxy) is 1. The average molecular weight is 337 g/mol. The van der Waals surface area contributed by atoms with Gasteiger partial charge < -0.3 is 4.74 Å². The number of anilines is 1. The van der Waals surface area contributed by atoms with Crippen molar-refractivity contribution in [3.05, 3.63) is 34.2 Å². The second-order valence-electron chi connectivity index (χ2n) is 4.79. The van der Waals surface area contributed by atoms with Crippen molar-refractivity contribution in [3.8, 4) is 0 Å². The fourth-order valence-electron chi connectivity index (χ4n) is 2.60. The second kappa shape index (κ2) is 5.43. The maximum Gasteiger partial charge on any atom is 0.355 e. The fraction of sp³-hybridized carbons (Fsp3) is 0.231. The van der Waals surface area contributed by atoms with Gasteiger partial charge in [-0.1, -0.05) is 17.7 Å². The molecule has 2 amide bonds. The van der Waals surface area contributed by atoms with E-state index in [0.29, 0.717) is 10.1 Å². The maximum atomic E-state index is 12.6. The van der Waals surface area contributed by atoms with E-state index in [-0.39, 0.29) is 11.4 Å². The molecule has 3 rings (SSSR count). The molecule has 2 atom stereocenters. The molecule has 1 aromatic carbocycles. The molecular weight excluding hydrogens is 328 g/mol. The Balaban J connectivity index is 2.05. The van der Waals surface area contributed by atoms with Gasteiger partial charge in [0.15, 0.2) is 11.8 Å². The van der Waals surface area contributed by atoms with E-state index < -0.39 is 29.7 Å². The first-order valence-electron chi connectivity index (χ1n) is 6.42. The predicted octanol–water partition coefficient (Wildman–Crippen LogP) is 0.724. The number of esters is 1. The highest BCUT2D eigenvalue weighted by atomic mass is 35.5. The van der Waals surface area contributed by atoms with Gasteiger partial charge in [0.05, 0.1) is 18.1 Å². The Labute approximate surface area is 134 Å². The monoisotopic (exact) mass is 336 g/mol. The summed E-state index contributed by atoms with van der Waals surface area (Å²) >= 11 is 5.87. The van der Waals surface area contributed by atoms with Gasteiger partial charge in [-0.25, -0.2) is 9.69 Å². The summed E-state index contributed by atoms with van der Waals surface area (Å²) in [5.41, 5.74) is -0.100. The lowest BCUT2D eigenvalue weighted by Gasteiger charge is -2.16. The Bertz CT molecular complexity index is 764. The number of nitrogens with zero attached hydrogens (tertiary/aromatic N) is 4. The molecule has 23 heavy (non-hydrogen) atoms. The lowest BCUT2D eigenvalue weighted by atomic mass is 9.98. The summed E-state index contributed by atoms with van der Waals surface area (Å²) in [5.74, 6) is -3.56. The number of halogens is 1. The van der Waals surface area contributed by atoms with Crippen LogP contribution in [0.25, 0.3) is 0 Å². The molecule has 1 aromatic rings. The van der Waals surface area contributed by atoms with Crippen molar-refractivity contribution in [2.75, 3.05) is 12.0 Å². The number of rotatable bonds is 3. The van der Waals surface area contributed by atoms with Crippen molar-refractivity contribution in [2.45, 2.75) is 6.04 Å². The van der Waals surface area contributed by atoms with Gasteiger partial charge in [-0.05, 0) is 18.2 Å². The van der Waals surface area contributed by atoms with Crippen LogP contribution in [0.4, 0.5) is 5.69 Å². The molecule has 0 N–H and O–H groups in total. The zero-order valence-electron chi connectivity index (χ0n) is 11.7. The van der Waals surface area contributed by atoms with Gasteiger partial charge in [0.1, 0.15) is 5.92 Å². The van der Waals surface area contributed by atoms with Crippen LogP contribution in [0.5, 0.6) is 0 Å². The minimum Gasteiger partial charge on any atom is -0.464 e. The highest BCUT2D eigenvalue weighted by molar-refractivity contribution is 6.46. The summed E-state index contributed by atoms with van der Waals surface area (Å²) in [6.07, 6.45) is 0. The molecule has 118 valence electrons. The number of nitroso groups, excluding NO2 is 1. The molecule has 0 saturated carbocycles. The summed E-state index contributed by atoms with van der Waals surface area (Å²) in [6, 6.07) is 4.78. The van der Waals surface area contributed by atoms with E-state index >= 15 is 0 Å². The number of hydrazone groups is 1. The standard InChI is InChI=1S/C13H9ClN4O5/c1-23-13(21)9-8-10(18(15-9)16-22)12(20)17(11(8)19)7-4-2-3-6(14)5-7/h2-5,8,10H,1H3/t8-,10-/m1/s1. The Morgan fingerprint density at radius 3 is 2.70 bits per heavy atom. The molecule has 0 spiro atoms. The van der Waals surface area contributed by atoms with Gasteiger partial charge in [-0.15, -0.1) is 15.1 Å². The lowest BCUT2D eigenvalue weighted by molar-refractivity contribution is -0.133. The minimum atomic E-state index is -1.30. The van der Waals surface area contributed by atoms with Gasteiger partial charge in [0.2, 0.25) is 5.91 Å². The molecular formula is C13H9ClN4O5. The Morgan fingerprint density at radius 2 is 2.09 bits per heavy atom. The van der Waals surface area contributed by atoms with Crippen molar-refractivity contribution < 1.29 is 19.1 Å². The average Bonchev–Trinajstić information content (AvgIpc) is 3.04.